The van der Waals surface area contributed by atoms with Crippen molar-refractivity contribution in [3.05, 3.63) is 29.8 Å². The van der Waals surface area contributed by atoms with Gasteiger partial charge in [0.1, 0.15) is 0 Å². The Balaban J connectivity index is 2.08. The van der Waals surface area contributed by atoms with E-state index in [-0.39, 0.29) is 17.5 Å². The molecule has 0 saturated heterocycles. The van der Waals surface area contributed by atoms with Crippen LogP contribution in [-0.4, -0.2) is 12.5 Å². The van der Waals surface area contributed by atoms with E-state index in [1.165, 1.54) is 18.2 Å². The summed E-state index contributed by atoms with van der Waals surface area (Å²) in [5.74, 6) is -0.410. The largest absolute Gasteiger partial charge is 0.418 e. The average Bonchev–Trinajstić information content (AvgIpc) is 2.33. The molecule has 0 heterocycles. The second kappa shape index (κ2) is 5.44. The van der Waals surface area contributed by atoms with Gasteiger partial charge in [-0.3, -0.25) is 4.79 Å². The van der Waals surface area contributed by atoms with Crippen molar-refractivity contribution in [2.75, 3.05) is 11.9 Å². The Kier molecular flexibility index (Phi) is 4.04. The second-order valence-corrected chi connectivity index (χ2v) is 5.33. The maximum atomic E-state index is 12.8. The van der Waals surface area contributed by atoms with Crippen molar-refractivity contribution >= 4 is 11.6 Å². The summed E-state index contributed by atoms with van der Waals surface area (Å²) in [6.45, 7) is 0.390. The van der Waals surface area contributed by atoms with Gasteiger partial charge in [0.25, 0.3) is 0 Å². The zero-order valence-electron chi connectivity index (χ0n) is 11.0. The van der Waals surface area contributed by atoms with Gasteiger partial charge in [-0.25, -0.2) is 0 Å². The quantitative estimate of drug-likeness (QED) is 0.893. The molecule has 0 unspecified atom stereocenters. The Labute approximate surface area is 115 Å². The van der Waals surface area contributed by atoms with Crippen LogP contribution < -0.4 is 11.1 Å². The number of amides is 1. The van der Waals surface area contributed by atoms with Gasteiger partial charge in [-0.1, -0.05) is 18.6 Å². The summed E-state index contributed by atoms with van der Waals surface area (Å²) < 4.78 is 38.4. The molecule has 0 bridgehead atoms. The van der Waals surface area contributed by atoms with E-state index in [1.54, 1.807) is 0 Å². The highest BCUT2D eigenvalue weighted by Gasteiger charge is 2.38. The predicted molar refractivity (Wildman–Crippen MR) is 70.0 cm³/mol. The maximum absolute atomic E-state index is 12.8. The van der Waals surface area contributed by atoms with E-state index >= 15 is 0 Å². The number of nitrogens with two attached hydrogens (primary N) is 1. The molecular formula is C14H17F3N2O. The minimum Gasteiger partial charge on any atom is -0.330 e. The standard InChI is InChI=1S/C14H17F3N2O/c15-14(16,17)10-4-1-2-5-11(10)19-12(20)8-13(9-18)6-3-7-13/h1-2,4-5H,3,6-9,18H2,(H,19,20). The van der Waals surface area contributed by atoms with Gasteiger partial charge in [0, 0.05) is 6.42 Å². The molecule has 3 nitrogen and oxygen atoms in total. The summed E-state index contributed by atoms with van der Waals surface area (Å²) in [6, 6.07) is 4.98. The first-order valence-corrected chi connectivity index (χ1v) is 6.52. The van der Waals surface area contributed by atoms with E-state index in [0.717, 1.165) is 25.3 Å². The first kappa shape index (κ1) is 14.8. The topological polar surface area (TPSA) is 55.1 Å². The van der Waals surface area contributed by atoms with Crippen LogP contribution in [-0.2, 0) is 11.0 Å². The van der Waals surface area contributed by atoms with Crippen molar-refractivity contribution < 1.29 is 18.0 Å². The molecule has 0 radical (unpaired) electrons. The van der Waals surface area contributed by atoms with Crippen LogP contribution in [0, 0.1) is 5.41 Å². The van der Waals surface area contributed by atoms with E-state index in [9.17, 15) is 18.0 Å². The van der Waals surface area contributed by atoms with E-state index in [2.05, 4.69) is 5.32 Å². The molecule has 20 heavy (non-hydrogen) atoms. The lowest BCUT2D eigenvalue weighted by molar-refractivity contribution is -0.137. The number of hydrogen-bond acceptors (Lipinski definition) is 2. The highest BCUT2D eigenvalue weighted by atomic mass is 19.4. The molecule has 0 aromatic heterocycles. The minimum atomic E-state index is -4.48. The van der Waals surface area contributed by atoms with E-state index in [0.29, 0.717) is 6.54 Å². The van der Waals surface area contributed by atoms with Gasteiger partial charge in [0.2, 0.25) is 5.91 Å². The lowest BCUT2D eigenvalue weighted by atomic mass is 9.66. The van der Waals surface area contributed by atoms with Crippen molar-refractivity contribution in [1.82, 2.24) is 0 Å². The zero-order chi connectivity index (χ0) is 14.8. The Bertz CT molecular complexity index is 490. The number of rotatable bonds is 4. The molecule has 1 saturated carbocycles. The number of anilines is 1. The van der Waals surface area contributed by atoms with Crippen molar-refractivity contribution in [1.29, 1.82) is 0 Å². The van der Waals surface area contributed by atoms with Gasteiger partial charge in [-0.05, 0) is 36.9 Å². The Morgan fingerprint density at radius 3 is 2.45 bits per heavy atom. The number of nitrogens with one attached hydrogen (secondary N) is 1. The first-order chi connectivity index (χ1) is 9.36. The molecule has 0 atom stereocenters. The van der Waals surface area contributed by atoms with Crippen LogP contribution in [0.4, 0.5) is 18.9 Å². The van der Waals surface area contributed by atoms with Crippen molar-refractivity contribution in [2.45, 2.75) is 31.9 Å². The van der Waals surface area contributed by atoms with Crippen molar-refractivity contribution in [2.24, 2.45) is 11.1 Å². The third-order valence-corrected chi connectivity index (χ3v) is 3.89. The summed E-state index contributed by atoms with van der Waals surface area (Å²) in [7, 11) is 0. The fourth-order valence-electron chi connectivity index (χ4n) is 2.50. The molecule has 1 aromatic rings. The molecule has 1 fully saturated rings. The van der Waals surface area contributed by atoms with E-state index < -0.39 is 17.6 Å². The third kappa shape index (κ3) is 3.12. The van der Waals surface area contributed by atoms with Crippen LogP contribution in [0.5, 0.6) is 0 Å². The van der Waals surface area contributed by atoms with Gasteiger partial charge in [0.15, 0.2) is 0 Å². The lowest BCUT2D eigenvalue weighted by Gasteiger charge is -2.40. The van der Waals surface area contributed by atoms with E-state index in [1.807, 2.05) is 0 Å². The van der Waals surface area contributed by atoms with Gasteiger partial charge in [0.05, 0.1) is 11.3 Å². The molecule has 0 aliphatic heterocycles. The minimum absolute atomic E-state index is 0.176. The highest BCUT2D eigenvalue weighted by molar-refractivity contribution is 5.92. The van der Waals surface area contributed by atoms with Crippen LogP contribution in [0.1, 0.15) is 31.2 Å². The molecule has 6 heteroatoms. The number of carbonyl (C=O) groups excluding carboxylic acids is 1. The summed E-state index contributed by atoms with van der Waals surface area (Å²) in [5, 5.41) is 2.36. The number of para-hydroxylation sites is 1. The summed E-state index contributed by atoms with van der Waals surface area (Å²) in [4.78, 5) is 11.9. The van der Waals surface area contributed by atoms with Crippen LogP contribution in [0.2, 0.25) is 0 Å². The molecule has 1 aromatic carbocycles. The molecule has 0 spiro atoms. The zero-order valence-corrected chi connectivity index (χ0v) is 11.0. The van der Waals surface area contributed by atoms with Crippen molar-refractivity contribution in [3.63, 3.8) is 0 Å². The smallest absolute Gasteiger partial charge is 0.330 e. The number of benzene rings is 1. The summed E-state index contributed by atoms with van der Waals surface area (Å²) in [5.41, 5.74) is 4.40. The Hall–Kier alpha value is -1.56. The monoisotopic (exact) mass is 286 g/mol. The van der Waals surface area contributed by atoms with Crippen LogP contribution in [0.15, 0.2) is 24.3 Å². The third-order valence-electron chi connectivity index (χ3n) is 3.89. The summed E-state index contributed by atoms with van der Waals surface area (Å²) >= 11 is 0. The van der Waals surface area contributed by atoms with Crippen molar-refractivity contribution in [3.8, 4) is 0 Å². The van der Waals surface area contributed by atoms with Gasteiger partial charge < -0.3 is 11.1 Å². The number of halogens is 3. The van der Waals surface area contributed by atoms with Crippen LogP contribution in [0.25, 0.3) is 0 Å². The molecule has 3 N–H and O–H groups in total. The van der Waals surface area contributed by atoms with Crippen LogP contribution in [0.3, 0.4) is 0 Å². The fraction of sp³-hybridized carbons (Fsp3) is 0.500. The number of carbonyl (C=O) groups is 1. The van der Waals surface area contributed by atoms with Gasteiger partial charge in [-0.2, -0.15) is 13.2 Å². The van der Waals surface area contributed by atoms with Gasteiger partial charge in [-0.15, -0.1) is 0 Å². The molecule has 1 aliphatic rings. The van der Waals surface area contributed by atoms with Gasteiger partial charge >= 0.3 is 6.18 Å². The maximum Gasteiger partial charge on any atom is 0.418 e. The predicted octanol–water partition coefficient (Wildman–Crippen LogP) is 3.16. The molecule has 1 aliphatic carbocycles. The van der Waals surface area contributed by atoms with E-state index in [4.69, 9.17) is 5.73 Å². The molecule has 110 valence electrons. The average molecular weight is 286 g/mol. The highest BCUT2D eigenvalue weighted by Crippen LogP contribution is 2.43. The molecular weight excluding hydrogens is 269 g/mol. The SMILES string of the molecule is NCC1(CC(=O)Nc2ccccc2C(F)(F)F)CCC1. The number of alkyl halides is 3. The molecule has 1 amide bonds. The lowest BCUT2D eigenvalue weighted by Crippen LogP contribution is -2.40. The summed E-state index contributed by atoms with van der Waals surface area (Å²) in [6.07, 6.45) is -1.57. The first-order valence-electron chi connectivity index (χ1n) is 6.52. The van der Waals surface area contributed by atoms with Crippen LogP contribution >= 0.6 is 0 Å². The second-order valence-electron chi connectivity index (χ2n) is 5.33. The number of hydrogen-bond donors (Lipinski definition) is 2. The Morgan fingerprint density at radius 1 is 1.30 bits per heavy atom. The molecule has 2 rings (SSSR count). The fourth-order valence-corrected chi connectivity index (χ4v) is 2.50. The Morgan fingerprint density at radius 2 is 1.95 bits per heavy atom. The normalized spacial score (nSPS) is 17.4.